The second-order valence-corrected chi connectivity index (χ2v) is 7.97. The molecule has 0 saturated carbocycles. The average Bonchev–Trinajstić information content (AvgIpc) is 2.83. The van der Waals surface area contributed by atoms with E-state index in [0.717, 1.165) is 22.2 Å². The second-order valence-electron chi connectivity index (χ2n) is 7.97. The third-order valence-corrected chi connectivity index (χ3v) is 5.51. The quantitative estimate of drug-likeness (QED) is 0.766. The van der Waals surface area contributed by atoms with E-state index < -0.39 is 0 Å². The maximum Gasteiger partial charge on any atom is 0.495 e. The van der Waals surface area contributed by atoms with Crippen molar-refractivity contribution in [3.05, 3.63) is 29.0 Å². The normalized spacial score (nSPS) is 20.0. The van der Waals surface area contributed by atoms with Crippen molar-refractivity contribution < 1.29 is 13.7 Å². The fourth-order valence-electron chi connectivity index (χ4n) is 3.14. The predicted octanol–water partition coefficient (Wildman–Crippen LogP) is 4.47. The van der Waals surface area contributed by atoms with Crippen molar-refractivity contribution in [1.82, 2.24) is 0 Å². The van der Waals surface area contributed by atoms with Gasteiger partial charge in [-0.05, 0) is 64.1 Å². The average molecular weight is 314 g/mol. The molecule has 1 fully saturated rings. The van der Waals surface area contributed by atoms with E-state index in [0.29, 0.717) is 5.92 Å². The van der Waals surface area contributed by atoms with Crippen LogP contribution in [0.15, 0.2) is 16.5 Å². The fraction of sp³-hybridized carbons (Fsp3) is 0.579. The number of hydrogen-bond donors (Lipinski definition) is 0. The van der Waals surface area contributed by atoms with Gasteiger partial charge in [-0.1, -0.05) is 26.0 Å². The molecule has 1 aromatic carbocycles. The maximum absolute atomic E-state index is 6.26. The van der Waals surface area contributed by atoms with E-state index in [4.69, 9.17) is 13.7 Å². The van der Waals surface area contributed by atoms with Crippen LogP contribution in [0.2, 0.25) is 0 Å². The summed E-state index contributed by atoms with van der Waals surface area (Å²) in [5.41, 5.74) is 3.77. The Morgan fingerprint density at radius 1 is 0.957 bits per heavy atom. The SMILES string of the molecule is Cc1oc2c(C(C)C)ccc(B3OC(C)(C)C(C)(C)O3)c2c1C. The third-order valence-electron chi connectivity index (χ3n) is 5.51. The van der Waals surface area contributed by atoms with E-state index in [2.05, 4.69) is 60.6 Å². The van der Waals surface area contributed by atoms with E-state index in [-0.39, 0.29) is 18.3 Å². The summed E-state index contributed by atoms with van der Waals surface area (Å²) in [6.45, 7) is 16.8. The smallest absolute Gasteiger partial charge is 0.461 e. The van der Waals surface area contributed by atoms with Crippen molar-refractivity contribution in [2.45, 2.75) is 72.5 Å². The molecule has 124 valence electrons. The highest BCUT2D eigenvalue weighted by Gasteiger charge is 2.52. The lowest BCUT2D eigenvalue weighted by Gasteiger charge is -2.32. The molecule has 1 aliphatic heterocycles. The van der Waals surface area contributed by atoms with Gasteiger partial charge in [0.15, 0.2) is 0 Å². The fourth-order valence-corrected chi connectivity index (χ4v) is 3.14. The third kappa shape index (κ3) is 2.43. The van der Waals surface area contributed by atoms with Crippen molar-refractivity contribution in [1.29, 1.82) is 0 Å². The molecule has 0 radical (unpaired) electrons. The molecule has 2 heterocycles. The molecule has 1 aliphatic rings. The monoisotopic (exact) mass is 314 g/mol. The van der Waals surface area contributed by atoms with Gasteiger partial charge in [-0.2, -0.15) is 0 Å². The molecule has 0 bridgehead atoms. The maximum atomic E-state index is 6.26. The summed E-state index contributed by atoms with van der Waals surface area (Å²) in [7, 11) is -0.362. The van der Waals surface area contributed by atoms with Crippen LogP contribution >= 0.6 is 0 Å². The van der Waals surface area contributed by atoms with Gasteiger partial charge in [0.05, 0.1) is 11.2 Å². The van der Waals surface area contributed by atoms with Gasteiger partial charge in [-0.15, -0.1) is 0 Å². The second kappa shape index (κ2) is 5.12. The van der Waals surface area contributed by atoms with Crippen LogP contribution in [0.25, 0.3) is 11.0 Å². The van der Waals surface area contributed by atoms with E-state index >= 15 is 0 Å². The Hall–Kier alpha value is -1.26. The standard InChI is InChI=1S/C19H27BO3/c1-11(2)14-9-10-15(16-12(3)13(4)21-17(14)16)20-22-18(5,6)19(7,8)23-20/h9-11H,1-8H3. The first kappa shape index (κ1) is 16.6. The molecule has 0 N–H and O–H groups in total. The summed E-state index contributed by atoms with van der Waals surface area (Å²) in [4.78, 5) is 0. The predicted molar refractivity (Wildman–Crippen MR) is 95.5 cm³/mol. The number of fused-ring (bicyclic) bond motifs is 1. The van der Waals surface area contributed by atoms with Crippen LogP contribution in [-0.2, 0) is 9.31 Å². The highest BCUT2D eigenvalue weighted by Crippen LogP contribution is 2.38. The van der Waals surface area contributed by atoms with Crippen LogP contribution < -0.4 is 5.46 Å². The topological polar surface area (TPSA) is 31.6 Å². The van der Waals surface area contributed by atoms with Crippen molar-refractivity contribution in [2.75, 3.05) is 0 Å². The van der Waals surface area contributed by atoms with Gasteiger partial charge in [-0.3, -0.25) is 0 Å². The van der Waals surface area contributed by atoms with Gasteiger partial charge in [-0.25, -0.2) is 0 Å². The van der Waals surface area contributed by atoms with Crippen molar-refractivity contribution >= 4 is 23.6 Å². The number of rotatable bonds is 2. The molecule has 0 atom stereocenters. The Bertz CT molecular complexity index is 740. The van der Waals surface area contributed by atoms with Gasteiger partial charge in [0, 0.05) is 5.39 Å². The molecule has 1 saturated heterocycles. The first-order chi connectivity index (χ1) is 10.5. The molecular weight excluding hydrogens is 287 g/mol. The molecule has 2 aromatic rings. The zero-order valence-electron chi connectivity index (χ0n) is 15.5. The van der Waals surface area contributed by atoms with Crippen LogP contribution in [0, 0.1) is 13.8 Å². The number of benzene rings is 1. The molecule has 0 aliphatic carbocycles. The number of furan rings is 1. The van der Waals surface area contributed by atoms with Gasteiger partial charge < -0.3 is 13.7 Å². The minimum absolute atomic E-state index is 0.340. The molecular formula is C19H27BO3. The number of aryl methyl sites for hydroxylation is 2. The number of hydrogen-bond acceptors (Lipinski definition) is 3. The lowest BCUT2D eigenvalue weighted by molar-refractivity contribution is 0.00578. The van der Waals surface area contributed by atoms with Crippen molar-refractivity contribution in [2.24, 2.45) is 0 Å². The first-order valence-corrected chi connectivity index (χ1v) is 8.43. The zero-order chi connectivity index (χ0) is 17.2. The molecule has 0 spiro atoms. The van der Waals surface area contributed by atoms with Crippen LogP contribution in [0.1, 0.15) is 64.3 Å². The van der Waals surface area contributed by atoms with Crippen LogP contribution in [0.5, 0.6) is 0 Å². The highest BCUT2D eigenvalue weighted by molar-refractivity contribution is 6.65. The Kier molecular flexibility index (Phi) is 3.69. The zero-order valence-corrected chi connectivity index (χ0v) is 15.5. The minimum atomic E-state index is -0.362. The first-order valence-electron chi connectivity index (χ1n) is 8.43. The van der Waals surface area contributed by atoms with E-state index in [9.17, 15) is 0 Å². The summed E-state index contributed by atoms with van der Waals surface area (Å²) in [6.07, 6.45) is 0. The van der Waals surface area contributed by atoms with E-state index in [1.54, 1.807) is 0 Å². The van der Waals surface area contributed by atoms with Crippen LogP contribution in [-0.4, -0.2) is 18.3 Å². The van der Waals surface area contributed by atoms with Crippen LogP contribution in [0.4, 0.5) is 0 Å². The largest absolute Gasteiger partial charge is 0.495 e. The minimum Gasteiger partial charge on any atom is -0.461 e. The van der Waals surface area contributed by atoms with Gasteiger partial charge in [0.2, 0.25) is 0 Å². The molecule has 23 heavy (non-hydrogen) atoms. The Labute approximate surface area is 139 Å². The van der Waals surface area contributed by atoms with Crippen molar-refractivity contribution in [3.63, 3.8) is 0 Å². The molecule has 1 aromatic heterocycles. The van der Waals surface area contributed by atoms with Crippen molar-refractivity contribution in [3.8, 4) is 0 Å². The lowest BCUT2D eigenvalue weighted by Crippen LogP contribution is -2.41. The molecule has 3 nitrogen and oxygen atoms in total. The van der Waals surface area contributed by atoms with E-state index in [1.165, 1.54) is 11.1 Å². The van der Waals surface area contributed by atoms with E-state index in [1.807, 2.05) is 6.92 Å². The Morgan fingerprint density at radius 2 is 1.52 bits per heavy atom. The molecule has 4 heteroatoms. The lowest BCUT2D eigenvalue weighted by atomic mass is 9.75. The Balaban J connectivity index is 2.19. The molecule has 0 unspecified atom stereocenters. The summed E-state index contributed by atoms with van der Waals surface area (Å²) in [5.74, 6) is 1.38. The van der Waals surface area contributed by atoms with Crippen LogP contribution in [0.3, 0.4) is 0 Å². The van der Waals surface area contributed by atoms with Gasteiger partial charge in [0.1, 0.15) is 11.3 Å². The van der Waals surface area contributed by atoms with Gasteiger partial charge in [0.25, 0.3) is 0 Å². The summed E-state index contributed by atoms with van der Waals surface area (Å²) >= 11 is 0. The molecule has 3 rings (SSSR count). The molecule has 0 amide bonds. The summed E-state index contributed by atoms with van der Waals surface area (Å²) < 4.78 is 18.6. The van der Waals surface area contributed by atoms with Gasteiger partial charge >= 0.3 is 7.12 Å². The highest BCUT2D eigenvalue weighted by atomic mass is 16.7. The summed E-state index contributed by atoms with van der Waals surface area (Å²) in [5, 5.41) is 1.15. The Morgan fingerprint density at radius 3 is 2.04 bits per heavy atom. The summed E-state index contributed by atoms with van der Waals surface area (Å²) in [6, 6.07) is 4.29.